The minimum Gasteiger partial charge on any atom is -0.507 e. The van der Waals surface area contributed by atoms with Gasteiger partial charge in [-0.15, -0.1) is 0 Å². The van der Waals surface area contributed by atoms with Crippen molar-refractivity contribution in [2.24, 2.45) is 0 Å². The summed E-state index contributed by atoms with van der Waals surface area (Å²) in [6.45, 7) is 0. The number of carbonyl (C=O) groups excluding carboxylic acids is 1. The normalized spacial score (nSPS) is 10.4. The van der Waals surface area contributed by atoms with Gasteiger partial charge in [-0.2, -0.15) is 0 Å². The maximum absolute atomic E-state index is 12.0. The Morgan fingerprint density at radius 3 is 2.44 bits per heavy atom. The number of benzene rings is 1. The van der Waals surface area contributed by atoms with E-state index in [2.05, 4.69) is 0 Å². The third-order valence-corrected chi connectivity index (χ3v) is 2.28. The predicted molar refractivity (Wildman–Crippen MR) is 68.4 cm³/mol. The number of phenolic OH excluding ortho intramolecular Hbond substituents is 1. The maximum Gasteiger partial charge on any atom is 0.194 e. The lowest BCUT2D eigenvalue weighted by molar-refractivity contribution is 0.104. The maximum atomic E-state index is 12.0. The van der Waals surface area contributed by atoms with Crippen LogP contribution in [0.4, 0.5) is 0 Å². The summed E-state index contributed by atoms with van der Waals surface area (Å²) >= 11 is 0. The number of phenols is 1. The van der Waals surface area contributed by atoms with Crippen molar-refractivity contribution >= 4 is 5.78 Å². The van der Waals surface area contributed by atoms with Crippen LogP contribution in [0.5, 0.6) is 17.2 Å². The molecule has 5 heteroatoms. The fraction of sp³-hybridized carbons (Fsp3) is 0.308. The van der Waals surface area contributed by atoms with Crippen LogP contribution in [-0.4, -0.2) is 44.1 Å². The molecule has 0 radical (unpaired) electrons. The van der Waals surface area contributed by atoms with Crippen LogP contribution in [0, 0.1) is 0 Å². The van der Waals surface area contributed by atoms with Crippen molar-refractivity contribution in [2.75, 3.05) is 28.3 Å². The summed E-state index contributed by atoms with van der Waals surface area (Å²) in [6.07, 6.45) is 2.97. The van der Waals surface area contributed by atoms with Crippen molar-refractivity contribution in [1.29, 1.82) is 0 Å². The third kappa shape index (κ3) is 3.16. The Labute approximate surface area is 106 Å². The number of allylic oxidation sites excluding steroid dienone is 1. The van der Waals surface area contributed by atoms with E-state index >= 15 is 0 Å². The summed E-state index contributed by atoms with van der Waals surface area (Å²) in [5.74, 6) is 0.207. The minimum atomic E-state index is -0.333. The summed E-state index contributed by atoms with van der Waals surface area (Å²) in [4.78, 5) is 13.7. The number of carbonyl (C=O) groups is 1. The van der Waals surface area contributed by atoms with E-state index in [0.717, 1.165) is 0 Å². The largest absolute Gasteiger partial charge is 0.507 e. The fourth-order valence-corrected chi connectivity index (χ4v) is 1.40. The van der Waals surface area contributed by atoms with Gasteiger partial charge in [-0.1, -0.05) is 0 Å². The highest BCUT2D eigenvalue weighted by molar-refractivity contribution is 6.08. The molecule has 0 heterocycles. The molecule has 0 unspecified atom stereocenters. The summed E-state index contributed by atoms with van der Waals surface area (Å²) in [5.41, 5.74) is 0.122. The van der Waals surface area contributed by atoms with Crippen molar-refractivity contribution in [1.82, 2.24) is 4.90 Å². The highest BCUT2D eigenvalue weighted by atomic mass is 16.5. The Hall–Kier alpha value is -2.17. The Balaban J connectivity index is 3.19. The van der Waals surface area contributed by atoms with Gasteiger partial charge in [0.2, 0.25) is 0 Å². The van der Waals surface area contributed by atoms with Gasteiger partial charge < -0.3 is 19.5 Å². The summed E-state index contributed by atoms with van der Waals surface area (Å²) in [5, 5.41) is 9.84. The van der Waals surface area contributed by atoms with Gasteiger partial charge in [-0.3, -0.25) is 4.79 Å². The average Bonchev–Trinajstić information content (AvgIpc) is 2.34. The van der Waals surface area contributed by atoms with Crippen molar-refractivity contribution in [3.05, 3.63) is 30.0 Å². The van der Waals surface area contributed by atoms with E-state index in [1.165, 1.54) is 26.4 Å². The van der Waals surface area contributed by atoms with Crippen molar-refractivity contribution in [3.63, 3.8) is 0 Å². The van der Waals surface area contributed by atoms with E-state index in [0.29, 0.717) is 5.75 Å². The van der Waals surface area contributed by atoms with Gasteiger partial charge in [-0.25, -0.2) is 0 Å². The average molecular weight is 251 g/mol. The van der Waals surface area contributed by atoms with Gasteiger partial charge >= 0.3 is 0 Å². The number of rotatable bonds is 5. The van der Waals surface area contributed by atoms with Crippen LogP contribution >= 0.6 is 0 Å². The Bertz CT molecular complexity index is 466. The number of methoxy groups -OCH3 is 2. The zero-order valence-electron chi connectivity index (χ0n) is 10.9. The molecular formula is C13H17NO4. The minimum absolute atomic E-state index is 0.122. The van der Waals surface area contributed by atoms with Gasteiger partial charge in [0.1, 0.15) is 22.8 Å². The second-order valence-corrected chi connectivity index (χ2v) is 3.87. The van der Waals surface area contributed by atoms with Gasteiger partial charge in [0.05, 0.1) is 14.2 Å². The molecule has 1 aromatic carbocycles. The Morgan fingerprint density at radius 2 is 1.94 bits per heavy atom. The zero-order valence-corrected chi connectivity index (χ0v) is 10.9. The molecule has 0 aliphatic heterocycles. The standard InChI is InChI=1S/C13H17NO4/c1-14(2)6-5-10(15)13-11(16)7-9(17-3)8-12(13)18-4/h5-8,16H,1-4H3/b6-5+. The Morgan fingerprint density at radius 1 is 1.28 bits per heavy atom. The first kappa shape index (κ1) is 13.9. The lowest BCUT2D eigenvalue weighted by Crippen LogP contribution is -2.05. The molecule has 98 valence electrons. The first-order valence-corrected chi connectivity index (χ1v) is 5.33. The molecule has 0 aliphatic carbocycles. The molecule has 0 spiro atoms. The van der Waals surface area contributed by atoms with Crippen molar-refractivity contribution in [3.8, 4) is 17.2 Å². The molecule has 1 aromatic rings. The van der Waals surface area contributed by atoms with E-state index in [9.17, 15) is 9.90 Å². The molecule has 5 nitrogen and oxygen atoms in total. The molecule has 1 N–H and O–H groups in total. The molecule has 0 aliphatic rings. The quantitative estimate of drug-likeness (QED) is 0.637. The summed E-state index contributed by atoms with van der Waals surface area (Å²) < 4.78 is 10.1. The van der Waals surface area contributed by atoms with Crippen LogP contribution in [0.25, 0.3) is 0 Å². The van der Waals surface area contributed by atoms with Crippen LogP contribution in [-0.2, 0) is 0 Å². The highest BCUT2D eigenvalue weighted by Crippen LogP contribution is 2.33. The van der Waals surface area contributed by atoms with Crippen molar-refractivity contribution < 1.29 is 19.4 Å². The smallest absolute Gasteiger partial charge is 0.194 e. The molecule has 0 saturated heterocycles. The lowest BCUT2D eigenvalue weighted by atomic mass is 10.1. The molecule has 0 saturated carbocycles. The van der Waals surface area contributed by atoms with Crippen LogP contribution in [0.1, 0.15) is 10.4 Å². The molecule has 0 bridgehead atoms. The molecule has 18 heavy (non-hydrogen) atoms. The molecule has 0 fully saturated rings. The van der Waals surface area contributed by atoms with Crippen LogP contribution in [0.3, 0.4) is 0 Å². The monoisotopic (exact) mass is 251 g/mol. The molecule has 0 aromatic heterocycles. The van der Waals surface area contributed by atoms with Gasteiger partial charge in [0.25, 0.3) is 0 Å². The lowest BCUT2D eigenvalue weighted by Gasteiger charge is -2.10. The third-order valence-electron chi connectivity index (χ3n) is 2.28. The van der Waals surface area contributed by atoms with E-state index in [1.54, 1.807) is 31.3 Å². The first-order valence-electron chi connectivity index (χ1n) is 5.33. The first-order chi connectivity index (χ1) is 8.49. The Kier molecular flexibility index (Phi) is 4.59. The van der Waals surface area contributed by atoms with E-state index in [1.807, 2.05) is 0 Å². The van der Waals surface area contributed by atoms with E-state index in [4.69, 9.17) is 9.47 Å². The number of hydrogen-bond acceptors (Lipinski definition) is 5. The van der Waals surface area contributed by atoms with Crippen LogP contribution in [0.2, 0.25) is 0 Å². The van der Waals surface area contributed by atoms with Crippen LogP contribution in [0.15, 0.2) is 24.4 Å². The number of aromatic hydroxyl groups is 1. The van der Waals surface area contributed by atoms with Gasteiger partial charge in [0, 0.05) is 38.5 Å². The number of ketones is 1. The summed E-state index contributed by atoms with van der Waals surface area (Å²) in [6, 6.07) is 2.93. The summed E-state index contributed by atoms with van der Waals surface area (Å²) in [7, 11) is 6.51. The molecule has 1 rings (SSSR count). The molecule has 0 atom stereocenters. The predicted octanol–water partition coefficient (Wildman–Crippen LogP) is 1.67. The number of nitrogens with zero attached hydrogens (tertiary/aromatic N) is 1. The SMILES string of the molecule is COc1cc(O)c(C(=O)/C=C/N(C)C)c(OC)c1. The zero-order chi connectivity index (χ0) is 13.7. The molecular weight excluding hydrogens is 234 g/mol. The van der Waals surface area contributed by atoms with Crippen molar-refractivity contribution in [2.45, 2.75) is 0 Å². The van der Waals surface area contributed by atoms with E-state index in [-0.39, 0.29) is 22.8 Å². The number of ether oxygens (including phenoxy) is 2. The second kappa shape index (κ2) is 5.95. The van der Waals surface area contributed by atoms with Gasteiger partial charge in [0.15, 0.2) is 5.78 Å². The molecule has 0 amide bonds. The van der Waals surface area contributed by atoms with Crippen LogP contribution < -0.4 is 9.47 Å². The number of hydrogen-bond donors (Lipinski definition) is 1. The fourth-order valence-electron chi connectivity index (χ4n) is 1.40. The topological polar surface area (TPSA) is 59.0 Å². The van der Waals surface area contributed by atoms with E-state index < -0.39 is 0 Å². The second-order valence-electron chi connectivity index (χ2n) is 3.87. The highest BCUT2D eigenvalue weighted by Gasteiger charge is 2.17. The van der Waals surface area contributed by atoms with Gasteiger partial charge in [-0.05, 0) is 0 Å².